The van der Waals surface area contributed by atoms with Crippen molar-refractivity contribution >= 4 is 22.7 Å². The molecule has 0 atom stereocenters. The number of hydrogen-bond acceptors (Lipinski definition) is 6. The Morgan fingerprint density at radius 2 is 0.632 bits per heavy atom. The first-order valence-electron chi connectivity index (χ1n) is 1.03. The van der Waals surface area contributed by atoms with Crippen molar-refractivity contribution in [1.82, 2.24) is 12.3 Å². The molecule has 0 aromatic heterocycles. The number of rotatable bonds is 0. The Bertz CT molecular complexity index is 84.6. The Kier molecular flexibility index (Phi) is 815. The molecule has 0 spiro atoms. The van der Waals surface area contributed by atoms with E-state index in [1.165, 1.54) is 0 Å². The van der Waals surface area contributed by atoms with Gasteiger partial charge in [-0.3, -0.25) is 13.3 Å². The molecule has 0 aliphatic heterocycles. The molecule has 0 bridgehead atoms. The van der Waals surface area contributed by atoms with Crippen LogP contribution in [0.25, 0.3) is 0 Å². The third-order valence-corrected chi connectivity index (χ3v) is 0. The van der Waals surface area contributed by atoms with Crippen LogP contribution in [0.2, 0.25) is 0 Å². The van der Waals surface area contributed by atoms with Gasteiger partial charge in [-0.25, -0.2) is 0 Å². The van der Waals surface area contributed by atoms with E-state index < -0.39 is 22.7 Å². The van der Waals surface area contributed by atoms with Crippen molar-refractivity contribution in [2.75, 3.05) is 0 Å². The monoisotopic (exact) mass is 368 g/mol. The predicted octanol–water partition coefficient (Wildman–Crippen LogP) is -12.8. The molecule has 0 saturated heterocycles. The van der Waals surface area contributed by atoms with Gasteiger partial charge in [0.05, 0.1) is 0 Å². The van der Waals surface area contributed by atoms with Gasteiger partial charge in [0.1, 0.15) is 0 Å². The van der Waals surface area contributed by atoms with E-state index in [9.17, 15) is 0 Å². The van der Waals surface area contributed by atoms with Gasteiger partial charge < -0.3 is 59.7 Å². The van der Waals surface area contributed by atoms with Gasteiger partial charge in [-0.05, 0) is 0 Å². The van der Waals surface area contributed by atoms with Crippen LogP contribution in [0.5, 0.6) is 0 Å². The molecule has 19 heteroatoms. The van der Waals surface area contributed by atoms with Crippen molar-refractivity contribution in [3.63, 3.8) is 0 Å². The van der Waals surface area contributed by atoms with Gasteiger partial charge in [0, 0.05) is 0 Å². The molecule has 15 nitrogen and oxygen atoms in total. The van der Waals surface area contributed by atoms with Gasteiger partial charge in [-0.15, -0.1) is 11.4 Å². The molecular weight excluding hydrogens is 346 g/mol. The zero-order valence-electron chi connectivity index (χ0n) is 10.3. The smallest absolute Gasteiger partial charge is 0.784 e. The molecule has 0 aromatic rings. The summed E-state index contributed by atoms with van der Waals surface area (Å²) in [6, 6.07) is 0. The molecule has 0 amide bonds. The van der Waals surface area contributed by atoms with Crippen LogP contribution in [0.15, 0.2) is 0 Å². The van der Waals surface area contributed by atoms with Gasteiger partial charge >= 0.3 is 59.1 Å². The molecule has 0 aliphatic rings. The van der Waals surface area contributed by atoms with Gasteiger partial charge in [0.15, 0.2) is 0 Å². The van der Waals surface area contributed by atoms with E-state index in [0.29, 0.717) is 0 Å². The Hall–Kier alpha value is 1.78. The fourth-order valence-electron chi connectivity index (χ4n) is 0. The Balaban J connectivity index is -0.00000000218. The van der Waals surface area contributed by atoms with Gasteiger partial charge in [-0.2, -0.15) is 4.21 Å². The normalized spacial score (nSPS) is 3.68. The zero-order valence-corrected chi connectivity index (χ0v) is 15.9. The van der Waals surface area contributed by atoms with Crippen LogP contribution < -0.4 is 71.4 Å². The molecule has 0 heterocycles. The first-order chi connectivity index (χ1) is 3.46. The van der Waals surface area contributed by atoms with Crippen molar-refractivity contribution in [2.45, 2.75) is 0 Å². The molecule has 0 rings (SSSR count). The molecule has 0 aromatic carbocycles. The van der Waals surface area contributed by atoms with Crippen LogP contribution in [0.1, 0.15) is 0 Å². The topological polar surface area (TPSA) is 411 Å². The molecule has 22 N–H and O–H groups in total. The number of hydrogen-bond donors (Lipinski definition) is 4. The average Bonchev–Trinajstić information content (AvgIpc) is 1.25. The van der Waals surface area contributed by atoms with Crippen molar-refractivity contribution in [3.8, 4) is 0 Å². The summed E-state index contributed by atoms with van der Waals surface area (Å²) < 4.78 is 48.2. The zero-order chi connectivity index (χ0) is 7.15. The van der Waals surface area contributed by atoms with E-state index in [2.05, 4.69) is 0 Å². The molecular formula is H22N2Na2O13S2. The predicted molar refractivity (Wildman–Crippen MR) is 58.4 cm³/mol. The molecule has 19 heavy (non-hydrogen) atoms. The van der Waals surface area contributed by atoms with Gasteiger partial charge in [-0.1, -0.05) is 0 Å². The summed E-state index contributed by atoms with van der Waals surface area (Å²) in [7, 11) is 0. The van der Waals surface area contributed by atoms with Crippen molar-refractivity contribution < 1.29 is 124 Å². The Labute approximate surface area is 158 Å². The average molecular weight is 368 g/mol. The first-order valence-corrected chi connectivity index (χ1v) is 3.10. The summed E-state index contributed by atoms with van der Waals surface area (Å²) in [5.74, 6) is 0. The second kappa shape index (κ2) is 115. The van der Waals surface area contributed by atoms with Crippen LogP contribution in [-0.2, 0) is 22.7 Å². The first kappa shape index (κ1) is 134. The molecule has 0 radical (unpaired) electrons. The van der Waals surface area contributed by atoms with E-state index >= 15 is 0 Å². The van der Waals surface area contributed by atoms with Crippen molar-refractivity contribution in [3.05, 3.63) is 0 Å². The standard InChI is InChI=1S/2H3N.2Na.2H2O3S.7H2O/c;;;;2*1-4(2)3;;;;;;;/h2*1H3;;;2*(H2,1,2,3);7*1H2/q;;2*+1;;;;;;;;;/p-2. The Morgan fingerprint density at radius 1 is 0.632 bits per heavy atom. The molecule has 0 fully saturated rings. The van der Waals surface area contributed by atoms with Gasteiger partial charge in [0.2, 0.25) is 0 Å². The minimum atomic E-state index is -3.11. The van der Waals surface area contributed by atoms with Crippen LogP contribution in [0.4, 0.5) is 0 Å². The summed E-state index contributed by atoms with van der Waals surface area (Å²) in [6.45, 7) is 0. The summed E-state index contributed by atoms with van der Waals surface area (Å²) in [5.41, 5.74) is 0. The van der Waals surface area contributed by atoms with Crippen molar-refractivity contribution in [1.29, 1.82) is 0 Å². The van der Waals surface area contributed by atoms with Crippen LogP contribution >= 0.6 is 0 Å². The largest absolute Gasteiger partial charge is 1.00 e. The van der Waals surface area contributed by atoms with E-state index in [1.807, 2.05) is 0 Å². The van der Waals surface area contributed by atoms with E-state index in [-0.39, 0.29) is 110 Å². The maximum absolute atomic E-state index is 8.67. The molecule has 0 saturated carbocycles. The maximum atomic E-state index is 8.67. The van der Waals surface area contributed by atoms with Gasteiger partial charge in [0.25, 0.3) is 11.4 Å². The fraction of sp³-hybridized carbons (Fsp3) is 0. The third kappa shape index (κ3) is 1970. The summed E-state index contributed by atoms with van der Waals surface area (Å²) in [6.07, 6.45) is 0. The van der Waals surface area contributed by atoms with Crippen LogP contribution in [-0.4, -0.2) is 65.0 Å². The van der Waals surface area contributed by atoms with E-state index in [4.69, 9.17) is 26.6 Å². The molecule has 0 unspecified atom stereocenters. The molecule has 124 valence electrons. The second-order valence-corrected chi connectivity index (χ2v) is 1.30. The summed E-state index contributed by atoms with van der Waals surface area (Å²) in [5, 5.41) is 0. The Morgan fingerprint density at radius 3 is 0.632 bits per heavy atom. The minimum absolute atomic E-state index is 0. The van der Waals surface area contributed by atoms with E-state index in [0.717, 1.165) is 0 Å². The molecule has 0 aliphatic carbocycles. The summed E-state index contributed by atoms with van der Waals surface area (Å²) in [4.78, 5) is 0. The minimum Gasteiger partial charge on any atom is -0.784 e. The SMILES string of the molecule is N.N.O.O.O.O.O.O.O.O=S(O)O.O=S([O-])[O-].[Na+].[Na+]. The quantitative estimate of drug-likeness (QED) is 0.234. The maximum Gasteiger partial charge on any atom is 1.00 e. The second-order valence-electron chi connectivity index (χ2n) is 0.435. The van der Waals surface area contributed by atoms with E-state index in [1.54, 1.807) is 0 Å². The third-order valence-electron chi connectivity index (χ3n) is 0. The summed E-state index contributed by atoms with van der Waals surface area (Å²) >= 11 is -5.72. The van der Waals surface area contributed by atoms with Crippen LogP contribution in [0.3, 0.4) is 0 Å². The van der Waals surface area contributed by atoms with Crippen LogP contribution in [0, 0.1) is 0 Å². The van der Waals surface area contributed by atoms with Crippen molar-refractivity contribution in [2.24, 2.45) is 0 Å². The fourth-order valence-corrected chi connectivity index (χ4v) is 0.